The molecular formula is C27H29N3O3. The van der Waals surface area contributed by atoms with Crippen molar-refractivity contribution in [2.24, 2.45) is 23.7 Å². The van der Waals surface area contributed by atoms with Crippen LogP contribution in [0, 0.1) is 37.5 Å². The van der Waals surface area contributed by atoms with Crippen LogP contribution in [0.4, 0.5) is 10.5 Å². The van der Waals surface area contributed by atoms with Crippen molar-refractivity contribution < 1.29 is 14.4 Å². The van der Waals surface area contributed by atoms with Crippen molar-refractivity contribution in [1.29, 1.82) is 0 Å². The summed E-state index contributed by atoms with van der Waals surface area (Å²) in [4.78, 5) is 41.3. The molecule has 2 fully saturated rings. The highest BCUT2D eigenvalue weighted by Gasteiger charge is 2.58. The van der Waals surface area contributed by atoms with E-state index < -0.39 is 12.2 Å². The lowest BCUT2D eigenvalue weighted by molar-refractivity contribution is -0.143. The van der Waals surface area contributed by atoms with Gasteiger partial charge in [0.15, 0.2) is 0 Å². The Morgan fingerprint density at radius 3 is 2.18 bits per heavy atom. The number of carbonyl (C=O) groups is 3. The summed E-state index contributed by atoms with van der Waals surface area (Å²) in [6.07, 6.45) is 5.72. The van der Waals surface area contributed by atoms with Gasteiger partial charge in [-0.2, -0.15) is 0 Å². The fourth-order valence-electron chi connectivity index (χ4n) is 5.71. The SMILES string of the molecule is Cc1ccc(NC(=O)N[C@H](Cc2ccccc2)N2C(=O)[C@H]3[C@H](C2=O)[C@H]2C=C[C@H]3CC2)c(C)c1. The van der Waals surface area contributed by atoms with E-state index in [-0.39, 0.29) is 35.5 Å². The van der Waals surface area contributed by atoms with Crippen molar-refractivity contribution in [2.75, 3.05) is 5.32 Å². The lowest BCUT2D eigenvalue weighted by atomic mass is 9.63. The molecule has 33 heavy (non-hydrogen) atoms. The van der Waals surface area contributed by atoms with Gasteiger partial charge in [0.2, 0.25) is 11.8 Å². The van der Waals surface area contributed by atoms with Crippen LogP contribution < -0.4 is 10.6 Å². The number of allylic oxidation sites excluding steroid dienone is 2. The Bertz CT molecular complexity index is 1090. The molecule has 1 saturated heterocycles. The van der Waals surface area contributed by atoms with Crippen LogP contribution >= 0.6 is 0 Å². The van der Waals surface area contributed by atoms with E-state index in [1.54, 1.807) is 0 Å². The van der Waals surface area contributed by atoms with Gasteiger partial charge in [-0.25, -0.2) is 4.79 Å². The third kappa shape index (κ3) is 3.94. The molecule has 4 amide bonds. The third-order valence-corrected chi connectivity index (χ3v) is 7.30. The molecule has 6 rings (SSSR count). The lowest BCUT2D eigenvalue weighted by Gasteiger charge is -2.38. The van der Waals surface area contributed by atoms with Crippen molar-refractivity contribution in [3.8, 4) is 0 Å². The molecule has 2 aromatic rings. The van der Waals surface area contributed by atoms with Gasteiger partial charge in [0.25, 0.3) is 0 Å². The monoisotopic (exact) mass is 443 g/mol. The van der Waals surface area contributed by atoms with Gasteiger partial charge in [0.05, 0.1) is 11.8 Å². The number of fused-ring (bicyclic) bond motifs is 1. The second kappa shape index (κ2) is 8.50. The van der Waals surface area contributed by atoms with Crippen LogP contribution in [-0.2, 0) is 16.0 Å². The molecule has 4 aliphatic rings. The first kappa shape index (κ1) is 21.4. The first-order chi connectivity index (χ1) is 15.9. The van der Waals surface area contributed by atoms with Gasteiger partial charge in [0, 0.05) is 12.1 Å². The van der Waals surface area contributed by atoms with E-state index in [0.29, 0.717) is 12.1 Å². The summed E-state index contributed by atoms with van der Waals surface area (Å²) in [5.74, 6) is -0.688. The van der Waals surface area contributed by atoms with Crippen LogP contribution in [0.1, 0.15) is 29.5 Å². The fraction of sp³-hybridized carbons (Fsp3) is 0.370. The van der Waals surface area contributed by atoms with E-state index in [9.17, 15) is 14.4 Å². The maximum Gasteiger partial charge on any atom is 0.320 e. The number of hydrogen-bond donors (Lipinski definition) is 2. The summed E-state index contributed by atoms with van der Waals surface area (Å²) >= 11 is 0. The van der Waals surface area contributed by atoms with Crippen molar-refractivity contribution >= 4 is 23.5 Å². The van der Waals surface area contributed by atoms with Crippen molar-refractivity contribution in [1.82, 2.24) is 10.2 Å². The molecule has 2 N–H and O–H groups in total. The molecule has 6 heteroatoms. The molecule has 1 heterocycles. The Morgan fingerprint density at radius 1 is 0.970 bits per heavy atom. The number of anilines is 1. The Balaban J connectivity index is 1.41. The topological polar surface area (TPSA) is 78.5 Å². The molecule has 3 aliphatic carbocycles. The number of benzene rings is 2. The number of imide groups is 1. The molecule has 0 unspecified atom stereocenters. The predicted octanol–water partition coefficient (Wildman–Crippen LogP) is 4.19. The molecule has 1 aliphatic heterocycles. The average Bonchev–Trinajstić information content (AvgIpc) is 3.09. The van der Waals surface area contributed by atoms with Crippen LogP contribution in [0.5, 0.6) is 0 Å². The summed E-state index contributed by atoms with van der Waals surface area (Å²) in [7, 11) is 0. The summed E-state index contributed by atoms with van der Waals surface area (Å²) in [6.45, 7) is 3.93. The second-order valence-electron chi connectivity index (χ2n) is 9.51. The number of urea groups is 1. The van der Waals surface area contributed by atoms with E-state index in [2.05, 4.69) is 22.8 Å². The van der Waals surface area contributed by atoms with E-state index >= 15 is 0 Å². The van der Waals surface area contributed by atoms with Crippen molar-refractivity contribution in [2.45, 2.75) is 39.3 Å². The molecule has 1 saturated carbocycles. The zero-order chi connectivity index (χ0) is 23.1. The number of nitrogens with one attached hydrogen (secondary N) is 2. The summed E-state index contributed by atoms with van der Waals surface area (Å²) in [5, 5.41) is 5.82. The molecule has 0 aromatic heterocycles. The minimum Gasteiger partial charge on any atom is -0.317 e. The van der Waals surface area contributed by atoms with Gasteiger partial charge in [-0.1, -0.05) is 60.2 Å². The predicted molar refractivity (Wildman–Crippen MR) is 126 cm³/mol. The van der Waals surface area contributed by atoms with Gasteiger partial charge >= 0.3 is 6.03 Å². The maximum absolute atomic E-state index is 13.5. The minimum atomic E-state index is -0.747. The molecule has 0 radical (unpaired) electrons. The number of likely N-dealkylation sites (tertiary alicyclic amines) is 1. The smallest absolute Gasteiger partial charge is 0.317 e. The highest BCUT2D eigenvalue weighted by atomic mass is 16.2. The van der Waals surface area contributed by atoms with Crippen LogP contribution in [0.15, 0.2) is 60.7 Å². The lowest BCUT2D eigenvalue weighted by Crippen LogP contribution is -2.53. The number of rotatable bonds is 5. The highest BCUT2D eigenvalue weighted by Crippen LogP contribution is 2.50. The Hall–Kier alpha value is -3.41. The summed E-state index contributed by atoms with van der Waals surface area (Å²) in [5.41, 5.74) is 3.71. The Kier molecular flexibility index (Phi) is 5.52. The number of amides is 4. The maximum atomic E-state index is 13.5. The zero-order valence-corrected chi connectivity index (χ0v) is 19.0. The van der Waals surface area contributed by atoms with Gasteiger partial charge < -0.3 is 10.6 Å². The van der Waals surface area contributed by atoms with Crippen molar-refractivity contribution in [3.05, 3.63) is 77.4 Å². The van der Waals surface area contributed by atoms with Gasteiger partial charge in [-0.3, -0.25) is 14.5 Å². The highest BCUT2D eigenvalue weighted by molar-refractivity contribution is 6.06. The fourth-order valence-corrected chi connectivity index (χ4v) is 5.71. The van der Waals surface area contributed by atoms with E-state index in [4.69, 9.17) is 0 Å². The second-order valence-corrected chi connectivity index (χ2v) is 9.51. The zero-order valence-electron chi connectivity index (χ0n) is 19.0. The minimum absolute atomic E-state index is 0.114. The van der Waals surface area contributed by atoms with Crippen LogP contribution in [0.3, 0.4) is 0 Å². The van der Waals surface area contributed by atoms with Gasteiger partial charge in [0.1, 0.15) is 6.17 Å². The van der Waals surface area contributed by atoms with E-state index in [1.807, 2.05) is 62.4 Å². The number of aryl methyl sites for hydroxylation is 2. The number of carbonyl (C=O) groups excluding carboxylic acids is 3. The molecule has 2 bridgehead atoms. The molecule has 0 spiro atoms. The van der Waals surface area contributed by atoms with Gasteiger partial charge in [-0.05, 0) is 55.7 Å². The van der Waals surface area contributed by atoms with Crippen LogP contribution in [-0.4, -0.2) is 28.9 Å². The third-order valence-electron chi connectivity index (χ3n) is 7.30. The summed E-state index contributed by atoms with van der Waals surface area (Å²) in [6, 6.07) is 15.0. The average molecular weight is 444 g/mol. The van der Waals surface area contributed by atoms with E-state index in [1.165, 1.54) is 4.90 Å². The Morgan fingerprint density at radius 2 is 1.61 bits per heavy atom. The Labute approximate surface area is 194 Å². The largest absolute Gasteiger partial charge is 0.320 e. The first-order valence-corrected chi connectivity index (χ1v) is 11.7. The molecular weight excluding hydrogens is 414 g/mol. The molecule has 6 nitrogen and oxygen atoms in total. The normalized spacial score (nSPS) is 26.3. The number of hydrogen-bond acceptors (Lipinski definition) is 3. The molecule has 2 aromatic carbocycles. The summed E-state index contributed by atoms with van der Waals surface area (Å²) < 4.78 is 0. The standard InChI is InChI=1S/C27H29N3O3/c1-16-8-13-21(17(2)14-16)28-27(33)29-22(15-18-6-4-3-5-7-18)30-25(31)23-19-9-10-20(12-11-19)24(23)26(30)32/h3-10,13-14,19-20,22-24H,11-12,15H2,1-2H3,(H2,28,29,33)/t19-,20-,22-,23+,24+/m0/s1. The van der Waals surface area contributed by atoms with Crippen molar-refractivity contribution in [3.63, 3.8) is 0 Å². The van der Waals surface area contributed by atoms with Crippen LogP contribution in [0.25, 0.3) is 0 Å². The molecule has 5 atom stereocenters. The van der Waals surface area contributed by atoms with Gasteiger partial charge in [-0.15, -0.1) is 0 Å². The first-order valence-electron chi connectivity index (χ1n) is 11.7. The van der Waals surface area contributed by atoms with E-state index in [0.717, 1.165) is 29.5 Å². The molecule has 170 valence electrons. The number of nitrogens with zero attached hydrogens (tertiary/aromatic N) is 1. The van der Waals surface area contributed by atoms with Crippen LogP contribution in [0.2, 0.25) is 0 Å². The quantitative estimate of drug-likeness (QED) is 0.537.